The second kappa shape index (κ2) is 8.77. The minimum Gasteiger partial charge on any atom is -0.507 e. The first-order valence-corrected chi connectivity index (χ1v) is 9.21. The molecule has 1 aliphatic rings. The van der Waals surface area contributed by atoms with Gasteiger partial charge in [0.2, 0.25) is 0 Å². The average molecular weight is 389 g/mol. The van der Waals surface area contributed by atoms with Crippen molar-refractivity contribution in [1.82, 2.24) is 0 Å². The number of amides is 1. The Kier molecular flexibility index (Phi) is 6.19. The van der Waals surface area contributed by atoms with Gasteiger partial charge in [0.25, 0.3) is 5.91 Å². The molecule has 0 aromatic heterocycles. The molecule has 142 valence electrons. The second-order valence-electron chi connectivity index (χ2n) is 6.38. The Morgan fingerprint density at radius 3 is 2.48 bits per heavy atom. The van der Waals surface area contributed by atoms with E-state index >= 15 is 0 Å². The number of esters is 1. The van der Waals surface area contributed by atoms with Gasteiger partial charge in [0.1, 0.15) is 11.3 Å². The van der Waals surface area contributed by atoms with Crippen LogP contribution in [0.15, 0.2) is 42.5 Å². The van der Waals surface area contributed by atoms with E-state index in [0.717, 1.165) is 18.8 Å². The first-order chi connectivity index (χ1) is 13.0. The predicted molar refractivity (Wildman–Crippen MR) is 105 cm³/mol. The van der Waals surface area contributed by atoms with Gasteiger partial charge in [-0.1, -0.05) is 11.6 Å². The van der Waals surface area contributed by atoms with Crippen molar-refractivity contribution in [3.63, 3.8) is 0 Å². The number of rotatable bonds is 5. The van der Waals surface area contributed by atoms with E-state index < -0.39 is 18.5 Å². The van der Waals surface area contributed by atoms with Gasteiger partial charge < -0.3 is 20.1 Å². The largest absolute Gasteiger partial charge is 0.507 e. The summed E-state index contributed by atoms with van der Waals surface area (Å²) < 4.78 is 4.94. The van der Waals surface area contributed by atoms with Crippen LogP contribution in [0.25, 0.3) is 0 Å². The minimum absolute atomic E-state index is 0.0822. The third-order valence-corrected chi connectivity index (χ3v) is 4.62. The van der Waals surface area contributed by atoms with Crippen LogP contribution >= 0.6 is 11.6 Å². The number of nitrogens with one attached hydrogen (secondary N) is 1. The van der Waals surface area contributed by atoms with E-state index in [1.165, 1.54) is 37.5 Å². The molecule has 0 unspecified atom stereocenters. The van der Waals surface area contributed by atoms with E-state index in [-0.39, 0.29) is 16.3 Å². The van der Waals surface area contributed by atoms with E-state index in [2.05, 4.69) is 10.2 Å². The Balaban J connectivity index is 1.51. The van der Waals surface area contributed by atoms with E-state index in [4.69, 9.17) is 16.3 Å². The van der Waals surface area contributed by atoms with Crippen LogP contribution in [0.4, 0.5) is 11.4 Å². The summed E-state index contributed by atoms with van der Waals surface area (Å²) in [6.45, 7) is 1.65. The fraction of sp³-hybridized carbons (Fsp3) is 0.300. The van der Waals surface area contributed by atoms with Gasteiger partial charge in [-0.05, 0) is 61.7 Å². The lowest BCUT2D eigenvalue weighted by atomic mass is 10.1. The van der Waals surface area contributed by atoms with E-state index in [1.807, 2.05) is 24.3 Å². The smallest absolute Gasteiger partial charge is 0.342 e. The summed E-state index contributed by atoms with van der Waals surface area (Å²) in [6.07, 6.45) is 3.67. The van der Waals surface area contributed by atoms with Crippen molar-refractivity contribution < 1.29 is 19.4 Å². The van der Waals surface area contributed by atoms with E-state index in [9.17, 15) is 14.7 Å². The van der Waals surface area contributed by atoms with Crippen LogP contribution in [-0.4, -0.2) is 36.7 Å². The number of hydrogen-bond acceptors (Lipinski definition) is 5. The number of phenolic OH excluding ortho intramolecular Hbond substituents is 1. The summed E-state index contributed by atoms with van der Waals surface area (Å²) in [7, 11) is 0. The Hall–Kier alpha value is -2.73. The van der Waals surface area contributed by atoms with Crippen LogP contribution in [0.2, 0.25) is 5.02 Å². The second-order valence-corrected chi connectivity index (χ2v) is 6.82. The summed E-state index contributed by atoms with van der Waals surface area (Å²) in [5.41, 5.74) is 1.68. The summed E-state index contributed by atoms with van der Waals surface area (Å²) >= 11 is 5.80. The monoisotopic (exact) mass is 388 g/mol. The van der Waals surface area contributed by atoms with Crippen LogP contribution < -0.4 is 10.2 Å². The zero-order valence-corrected chi connectivity index (χ0v) is 15.5. The highest BCUT2D eigenvalue weighted by Gasteiger charge is 2.15. The molecule has 7 heteroatoms. The van der Waals surface area contributed by atoms with Gasteiger partial charge in [0.05, 0.1) is 0 Å². The fourth-order valence-corrected chi connectivity index (χ4v) is 3.16. The van der Waals surface area contributed by atoms with Gasteiger partial charge in [-0.3, -0.25) is 4.79 Å². The van der Waals surface area contributed by atoms with Crippen LogP contribution in [0, 0.1) is 0 Å². The molecule has 3 rings (SSSR count). The van der Waals surface area contributed by atoms with Gasteiger partial charge in [-0.25, -0.2) is 4.79 Å². The highest BCUT2D eigenvalue weighted by atomic mass is 35.5. The lowest BCUT2D eigenvalue weighted by Gasteiger charge is -2.28. The van der Waals surface area contributed by atoms with E-state index in [1.54, 1.807) is 0 Å². The highest BCUT2D eigenvalue weighted by molar-refractivity contribution is 6.31. The van der Waals surface area contributed by atoms with E-state index in [0.29, 0.717) is 5.69 Å². The van der Waals surface area contributed by atoms with Crippen LogP contribution in [0.1, 0.15) is 29.6 Å². The average Bonchev–Trinajstić information content (AvgIpc) is 2.69. The summed E-state index contributed by atoms with van der Waals surface area (Å²) in [4.78, 5) is 26.3. The topological polar surface area (TPSA) is 78.9 Å². The lowest BCUT2D eigenvalue weighted by Crippen LogP contribution is -2.29. The number of ether oxygens (including phenoxy) is 1. The molecule has 1 saturated heterocycles. The number of halogens is 1. The van der Waals surface area contributed by atoms with Crippen molar-refractivity contribution in [2.45, 2.75) is 19.3 Å². The van der Waals surface area contributed by atoms with Crippen molar-refractivity contribution >= 4 is 34.9 Å². The lowest BCUT2D eigenvalue weighted by molar-refractivity contribution is -0.119. The molecule has 0 atom stereocenters. The molecule has 0 saturated carbocycles. The third-order valence-electron chi connectivity index (χ3n) is 4.39. The number of hydrogen-bond donors (Lipinski definition) is 2. The number of carbonyl (C=O) groups excluding carboxylic acids is 2. The zero-order valence-electron chi connectivity index (χ0n) is 14.8. The number of phenols is 1. The first-order valence-electron chi connectivity index (χ1n) is 8.83. The van der Waals surface area contributed by atoms with Gasteiger partial charge in [-0.2, -0.15) is 0 Å². The maximum Gasteiger partial charge on any atom is 0.342 e. The standard InChI is InChI=1S/C20H21ClN2O4/c21-14-4-9-18(24)17(12-14)20(26)27-13-19(25)22-15-5-7-16(8-6-15)23-10-2-1-3-11-23/h4-9,12,24H,1-3,10-11,13H2,(H,22,25). The molecule has 2 aromatic carbocycles. The molecule has 1 fully saturated rings. The molecule has 2 N–H and O–H groups in total. The summed E-state index contributed by atoms with van der Waals surface area (Å²) in [5, 5.41) is 12.6. The molecule has 1 heterocycles. The van der Waals surface area contributed by atoms with Crippen molar-refractivity contribution in [2.24, 2.45) is 0 Å². The molecule has 6 nitrogen and oxygen atoms in total. The number of piperidine rings is 1. The fourth-order valence-electron chi connectivity index (χ4n) is 2.99. The Morgan fingerprint density at radius 1 is 1.07 bits per heavy atom. The van der Waals surface area contributed by atoms with Gasteiger partial charge >= 0.3 is 5.97 Å². The molecule has 2 aromatic rings. The molecular formula is C20H21ClN2O4. The van der Waals surface area contributed by atoms with Crippen LogP contribution in [0.5, 0.6) is 5.75 Å². The van der Waals surface area contributed by atoms with Crippen LogP contribution in [-0.2, 0) is 9.53 Å². The Bertz CT molecular complexity index is 817. The molecule has 0 spiro atoms. The third kappa shape index (κ3) is 5.14. The molecule has 0 aliphatic carbocycles. The Morgan fingerprint density at radius 2 is 1.78 bits per heavy atom. The normalized spacial score (nSPS) is 13.9. The molecule has 0 bridgehead atoms. The number of benzene rings is 2. The van der Waals surface area contributed by atoms with Crippen molar-refractivity contribution in [2.75, 3.05) is 29.9 Å². The van der Waals surface area contributed by atoms with Crippen LogP contribution in [0.3, 0.4) is 0 Å². The SMILES string of the molecule is O=C(COC(=O)c1cc(Cl)ccc1O)Nc1ccc(N2CCCCC2)cc1. The number of aromatic hydroxyl groups is 1. The minimum atomic E-state index is -0.814. The Labute approximate surface area is 162 Å². The summed E-state index contributed by atoms with van der Waals surface area (Å²) in [6, 6.07) is 11.6. The number of carbonyl (C=O) groups is 2. The molecule has 0 radical (unpaired) electrons. The van der Waals surface area contributed by atoms with Crippen molar-refractivity contribution in [3.8, 4) is 5.75 Å². The zero-order chi connectivity index (χ0) is 19.2. The highest BCUT2D eigenvalue weighted by Crippen LogP contribution is 2.23. The first kappa shape index (κ1) is 19.0. The number of nitrogens with zero attached hydrogens (tertiary/aromatic N) is 1. The van der Waals surface area contributed by atoms with Gasteiger partial charge in [-0.15, -0.1) is 0 Å². The molecule has 1 aliphatic heterocycles. The maximum atomic E-state index is 12.0. The van der Waals surface area contributed by atoms with Gasteiger partial charge in [0.15, 0.2) is 6.61 Å². The summed E-state index contributed by atoms with van der Waals surface area (Å²) in [5.74, 6) is -1.53. The van der Waals surface area contributed by atoms with Crippen molar-refractivity contribution in [3.05, 3.63) is 53.1 Å². The van der Waals surface area contributed by atoms with Crippen molar-refractivity contribution in [1.29, 1.82) is 0 Å². The quantitative estimate of drug-likeness (QED) is 0.761. The maximum absolute atomic E-state index is 12.0. The molecular weight excluding hydrogens is 368 g/mol. The molecule has 1 amide bonds. The number of anilines is 2. The molecule has 27 heavy (non-hydrogen) atoms. The predicted octanol–water partition coefficient (Wildman–Crippen LogP) is 3.83. The van der Waals surface area contributed by atoms with Gasteiger partial charge in [0, 0.05) is 29.5 Å².